The van der Waals surface area contributed by atoms with Crippen LogP contribution in [0.3, 0.4) is 0 Å². The number of alkyl halides is 3. The first-order valence-corrected chi connectivity index (χ1v) is 12.3. The number of likely N-dealkylation sites (tertiary alicyclic amines) is 1. The zero-order valence-electron chi connectivity index (χ0n) is 20.1. The topological polar surface area (TPSA) is 60.9 Å². The molecule has 0 spiro atoms. The molecule has 0 N–H and O–H groups in total. The van der Waals surface area contributed by atoms with E-state index in [0.29, 0.717) is 42.6 Å². The summed E-state index contributed by atoms with van der Waals surface area (Å²) in [4.78, 5) is 44.6. The second kappa shape index (κ2) is 8.94. The highest BCUT2D eigenvalue weighted by atomic mass is 19.4. The van der Waals surface area contributed by atoms with E-state index in [1.54, 1.807) is 39.0 Å². The summed E-state index contributed by atoms with van der Waals surface area (Å²) in [5.41, 5.74) is 0.176. The van der Waals surface area contributed by atoms with Crippen molar-refractivity contribution in [2.45, 2.75) is 63.3 Å². The van der Waals surface area contributed by atoms with E-state index >= 15 is 0 Å². The third kappa shape index (κ3) is 4.04. The predicted octanol–water partition coefficient (Wildman–Crippen LogP) is 5.15. The van der Waals surface area contributed by atoms with Gasteiger partial charge in [0.2, 0.25) is 11.8 Å². The second-order valence-electron chi connectivity index (χ2n) is 9.89. The number of carbonyl (C=O) groups excluding carboxylic acids is 3. The van der Waals surface area contributed by atoms with E-state index in [1.807, 2.05) is 6.92 Å². The van der Waals surface area contributed by atoms with Crippen molar-refractivity contribution < 1.29 is 27.6 Å². The average molecular weight is 500 g/mol. The van der Waals surface area contributed by atoms with Gasteiger partial charge in [0.05, 0.1) is 22.9 Å². The van der Waals surface area contributed by atoms with Crippen LogP contribution < -0.4 is 4.90 Å². The lowest BCUT2D eigenvalue weighted by atomic mass is 9.94. The number of amides is 3. The molecular formula is C27H28F3N3O3. The first-order chi connectivity index (χ1) is 17.1. The number of halogens is 3. The lowest BCUT2D eigenvalue weighted by molar-refractivity contribution is -0.138. The molecule has 0 saturated carbocycles. The third-order valence-corrected chi connectivity index (χ3v) is 7.74. The summed E-state index contributed by atoms with van der Waals surface area (Å²) in [6.07, 6.45) is -1.16. The predicted molar refractivity (Wildman–Crippen MR) is 127 cm³/mol. The second-order valence-corrected chi connectivity index (χ2v) is 9.89. The monoisotopic (exact) mass is 499 g/mol. The van der Waals surface area contributed by atoms with Gasteiger partial charge in [0.25, 0.3) is 5.91 Å². The summed E-state index contributed by atoms with van der Waals surface area (Å²) in [6, 6.07) is 11.8. The van der Waals surface area contributed by atoms with Crippen molar-refractivity contribution in [2.24, 2.45) is 0 Å². The van der Waals surface area contributed by atoms with Gasteiger partial charge in [-0.05, 0) is 62.4 Å². The quantitative estimate of drug-likeness (QED) is 0.585. The maximum atomic E-state index is 13.4. The molecule has 2 unspecified atom stereocenters. The Morgan fingerprint density at radius 2 is 1.78 bits per heavy atom. The van der Waals surface area contributed by atoms with Crippen molar-refractivity contribution in [3.05, 3.63) is 65.2 Å². The van der Waals surface area contributed by atoms with Crippen LogP contribution in [-0.4, -0.2) is 46.3 Å². The normalized spacial score (nSPS) is 24.1. The van der Waals surface area contributed by atoms with Gasteiger partial charge in [-0.15, -0.1) is 0 Å². The highest BCUT2D eigenvalue weighted by molar-refractivity contribution is 6.10. The number of benzene rings is 2. The fourth-order valence-electron chi connectivity index (χ4n) is 5.86. The largest absolute Gasteiger partial charge is 0.416 e. The standard InChI is InChI=1S/C27H28F3N3O3/c1-26-15-13-24(35)33(26)22-8-3-2-6-20(22)25(36)32(26)17-14-23(34)31-16-5-4-7-21(31)18-9-11-19(12-10-18)27(28,29)30/h2-3,6,8-12,21H,4-5,7,13-17H2,1H3. The Labute approximate surface area is 207 Å². The highest BCUT2D eigenvalue weighted by Gasteiger charge is 2.53. The van der Waals surface area contributed by atoms with Crippen LogP contribution in [0.5, 0.6) is 0 Å². The number of rotatable bonds is 4. The van der Waals surface area contributed by atoms with E-state index in [-0.39, 0.29) is 36.7 Å². The molecule has 0 aliphatic carbocycles. The molecule has 2 aromatic rings. The number of hydrogen-bond donors (Lipinski definition) is 0. The molecule has 6 nitrogen and oxygen atoms in total. The van der Waals surface area contributed by atoms with Gasteiger partial charge in [-0.1, -0.05) is 24.3 Å². The van der Waals surface area contributed by atoms with Crippen LogP contribution in [0.1, 0.15) is 73.0 Å². The summed E-state index contributed by atoms with van der Waals surface area (Å²) < 4.78 is 39.0. The van der Waals surface area contributed by atoms with E-state index in [1.165, 1.54) is 12.1 Å². The SMILES string of the molecule is CC12CCC(=O)N1c1ccccc1C(=O)N2CCC(=O)N1CCCCC1c1ccc(C(F)(F)F)cc1. The van der Waals surface area contributed by atoms with Crippen LogP contribution in [0.25, 0.3) is 0 Å². The Balaban J connectivity index is 1.35. The minimum absolute atomic E-state index is 0.0489. The zero-order chi connectivity index (χ0) is 25.7. The zero-order valence-corrected chi connectivity index (χ0v) is 20.1. The molecule has 2 saturated heterocycles. The average Bonchev–Trinajstić information content (AvgIpc) is 3.18. The Kier molecular flexibility index (Phi) is 6.04. The van der Waals surface area contributed by atoms with Gasteiger partial charge < -0.3 is 9.80 Å². The van der Waals surface area contributed by atoms with Crippen molar-refractivity contribution in [1.82, 2.24) is 9.80 Å². The first-order valence-electron chi connectivity index (χ1n) is 12.3. The van der Waals surface area contributed by atoms with Crippen molar-refractivity contribution in [1.29, 1.82) is 0 Å². The number of piperidine rings is 1. The van der Waals surface area contributed by atoms with E-state index in [4.69, 9.17) is 0 Å². The summed E-state index contributed by atoms with van der Waals surface area (Å²) in [7, 11) is 0. The lowest BCUT2D eigenvalue weighted by Gasteiger charge is -2.49. The van der Waals surface area contributed by atoms with Gasteiger partial charge in [0, 0.05) is 25.9 Å². The van der Waals surface area contributed by atoms with Crippen molar-refractivity contribution in [3.8, 4) is 0 Å². The van der Waals surface area contributed by atoms with Crippen LogP contribution in [-0.2, 0) is 15.8 Å². The third-order valence-electron chi connectivity index (χ3n) is 7.74. The molecule has 0 radical (unpaired) electrons. The van der Waals surface area contributed by atoms with Gasteiger partial charge in [-0.2, -0.15) is 13.2 Å². The molecule has 3 amide bonds. The van der Waals surface area contributed by atoms with E-state index in [2.05, 4.69) is 0 Å². The van der Waals surface area contributed by atoms with Crippen LogP contribution >= 0.6 is 0 Å². The molecule has 0 bridgehead atoms. The summed E-state index contributed by atoms with van der Waals surface area (Å²) in [5.74, 6) is -0.400. The van der Waals surface area contributed by atoms with Crippen LogP contribution in [0, 0.1) is 0 Å². The molecule has 2 fully saturated rings. The number of hydrogen-bond acceptors (Lipinski definition) is 3. The van der Waals surface area contributed by atoms with E-state index in [0.717, 1.165) is 25.0 Å². The Bertz CT molecular complexity index is 1200. The molecule has 3 heterocycles. The van der Waals surface area contributed by atoms with Crippen molar-refractivity contribution >= 4 is 23.4 Å². The number of nitrogens with zero attached hydrogens (tertiary/aromatic N) is 3. The number of anilines is 1. The Hall–Kier alpha value is -3.36. The van der Waals surface area contributed by atoms with Gasteiger partial charge in [0.1, 0.15) is 5.66 Å². The van der Waals surface area contributed by atoms with Crippen molar-refractivity contribution in [3.63, 3.8) is 0 Å². The highest BCUT2D eigenvalue weighted by Crippen LogP contribution is 2.44. The van der Waals surface area contributed by atoms with Gasteiger partial charge in [0.15, 0.2) is 0 Å². The molecule has 9 heteroatoms. The summed E-state index contributed by atoms with van der Waals surface area (Å²) in [5, 5.41) is 0. The number of carbonyl (C=O) groups is 3. The van der Waals surface area contributed by atoms with Crippen molar-refractivity contribution in [2.75, 3.05) is 18.0 Å². The van der Waals surface area contributed by atoms with Crippen LogP contribution in [0.15, 0.2) is 48.5 Å². The molecule has 2 aromatic carbocycles. The Morgan fingerprint density at radius 1 is 1.06 bits per heavy atom. The number of fused-ring (bicyclic) bond motifs is 3. The molecular weight excluding hydrogens is 471 g/mol. The van der Waals surface area contributed by atoms with Crippen LogP contribution in [0.4, 0.5) is 18.9 Å². The van der Waals surface area contributed by atoms with Gasteiger partial charge in [-0.25, -0.2) is 0 Å². The summed E-state index contributed by atoms with van der Waals surface area (Å²) in [6.45, 7) is 2.54. The van der Waals surface area contributed by atoms with Crippen LogP contribution in [0.2, 0.25) is 0 Å². The molecule has 2 atom stereocenters. The fourth-order valence-corrected chi connectivity index (χ4v) is 5.86. The molecule has 36 heavy (non-hydrogen) atoms. The van der Waals surface area contributed by atoms with E-state index < -0.39 is 17.4 Å². The van der Waals surface area contributed by atoms with E-state index in [9.17, 15) is 27.6 Å². The number of para-hydroxylation sites is 1. The Morgan fingerprint density at radius 3 is 2.50 bits per heavy atom. The smallest absolute Gasteiger partial charge is 0.336 e. The van der Waals surface area contributed by atoms with Gasteiger partial charge >= 0.3 is 6.18 Å². The molecule has 190 valence electrons. The molecule has 3 aliphatic heterocycles. The first kappa shape index (κ1) is 24.3. The summed E-state index contributed by atoms with van der Waals surface area (Å²) >= 11 is 0. The maximum absolute atomic E-state index is 13.4. The lowest BCUT2D eigenvalue weighted by Crippen LogP contribution is -2.62. The molecule has 3 aliphatic rings. The molecule has 0 aromatic heterocycles. The fraction of sp³-hybridized carbons (Fsp3) is 0.444. The minimum atomic E-state index is -4.41. The van der Waals surface area contributed by atoms with Gasteiger partial charge in [-0.3, -0.25) is 19.3 Å². The molecule has 5 rings (SSSR count). The minimum Gasteiger partial charge on any atom is -0.336 e. The maximum Gasteiger partial charge on any atom is 0.416 e.